The normalized spacial score (nSPS) is 11.3. The van der Waals surface area contributed by atoms with Crippen LogP contribution in [0.4, 0.5) is 14.6 Å². The molecule has 2 N–H and O–H groups in total. The lowest BCUT2D eigenvalue weighted by Gasteiger charge is -2.18. The summed E-state index contributed by atoms with van der Waals surface area (Å²) in [6, 6.07) is 1.41. The monoisotopic (exact) mass is 322 g/mol. The van der Waals surface area contributed by atoms with E-state index in [2.05, 4.69) is 19.9 Å². The molecule has 0 fully saturated rings. The standard InChI is InChI=1S/C13H12F2N6O2/c1-20(5-9-16-2-3-21(9)13(14)15)11-7-4-8(12(22)23)19-10(7)17-6-18-11/h2-4,6,13H,5H2,1H3,(H,22,23)(H,17,18,19). The van der Waals surface area contributed by atoms with Crippen LogP contribution in [0.25, 0.3) is 11.0 Å². The van der Waals surface area contributed by atoms with E-state index in [1.165, 1.54) is 24.8 Å². The second-order valence-electron chi connectivity index (χ2n) is 4.83. The number of rotatable bonds is 5. The van der Waals surface area contributed by atoms with Crippen LogP contribution in [0.2, 0.25) is 0 Å². The van der Waals surface area contributed by atoms with E-state index in [1.54, 1.807) is 11.9 Å². The molecule has 8 nitrogen and oxygen atoms in total. The van der Waals surface area contributed by atoms with Crippen molar-refractivity contribution in [2.24, 2.45) is 0 Å². The number of nitrogens with one attached hydrogen (secondary N) is 1. The van der Waals surface area contributed by atoms with Crippen molar-refractivity contribution in [2.75, 3.05) is 11.9 Å². The van der Waals surface area contributed by atoms with Gasteiger partial charge < -0.3 is 15.0 Å². The summed E-state index contributed by atoms with van der Waals surface area (Å²) in [6.07, 6.45) is 3.77. The van der Waals surface area contributed by atoms with Crippen molar-refractivity contribution in [2.45, 2.75) is 13.1 Å². The number of carbonyl (C=O) groups is 1. The Morgan fingerprint density at radius 3 is 2.91 bits per heavy atom. The molecule has 0 saturated carbocycles. The molecule has 23 heavy (non-hydrogen) atoms. The number of fused-ring (bicyclic) bond motifs is 1. The molecule has 0 radical (unpaired) electrons. The number of aromatic nitrogens is 5. The number of hydrogen-bond acceptors (Lipinski definition) is 5. The van der Waals surface area contributed by atoms with Crippen LogP contribution in [-0.2, 0) is 6.54 Å². The van der Waals surface area contributed by atoms with Gasteiger partial charge in [0, 0.05) is 19.4 Å². The predicted molar refractivity (Wildman–Crippen MR) is 76.4 cm³/mol. The van der Waals surface area contributed by atoms with Gasteiger partial charge >= 0.3 is 12.5 Å². The molecule has 120 valence electrons. The maximum atomic E-state index is 12.9. The lowest BCUT2D eigenvalue weighted by atomic mass is 10.3. The van der Waals surface area contributed by atoms with Gasteiger partial charge in [0.15, 0.2) is 0 Å². The summed E-state index contributed by atoms with van der Waals surface area (Å²) in [7, 11) is 1.65. The molecule has 3 heterocycles. The van der Waals surface area contributed by atoms with E-state index in [0.717, 1.165) is 4.57 Å². The Morgan fingerprint density at radius 1 is 1.43 bits per heavy atom. The van der Waals surface area contributed by atoms with Gasteiger partial charge in [-0.25, -0.2) is 19.7 Å². The molecule has 0 bridgehead atoms. The van der Waals surface area contributed by atoms with E-state index in [4.69, 9.17) is 5.11 Å². The van der Waals surface area contributed by atoms with Crippen LogP contribution in [0, 0.1) is 0 Å². The van der Waals surface area contributed by atoms with Gasteiger partial charge in [0.1, 0.15) is 29.3 Å². The molecule has 0 saturated heterocycles. The first kappa shape index (κ1) is 14.9. The number of halogens is 2. The minimum atomic E-state index is -2.68. The first-order valence-corrected chi connectivity index (χ1v) is 6.55. The predicted octanol–water partition coefficient (Wildman–Crippen LogP) is 1.88. The lowest BCUT2D eigenvalue weighted by molar-refractivity contribution is 0.0668. The highest BCUT2D eigenvalue weighted by Gasteiger charge is 2.17. The third kappa shape index (κ3) is 2.70. The number of anilines is 1. The fourth-order valence-corrected chi connectivity index (χ4v) is 2.28. The van der Waals surface area contributed by atoms with E-state index >= 15 is 0 Å². The van der Waals surface area contributed by atoms with Crippen LogP contribution < -0.4 is 4.90 Å². The number of H-pyrrole nitrogens is 1. The Labute approximate surface area is 128 Å². The molecule has 0 spiro atoms. The van der Waals surface area contributed by atoms with Gasteiger partial charge in [-0.05, 0) is 6.07 Å². The van der Waals surface area contributed by atoms with Gasteiger partial charge in [0.2, 0.25) is 0 Å². The number of hydrogen-bond donors (Lipinski definition) is 2. The molecule has 0 aliphatic carbocycles. The number of carboxylic acid groups (broad SMARTS) is 1. The number of aromatic amines is 1. The molecular weight excluding hydrogens is 310 g/mol. The van der Waals surface area contributed by atoms with Crippen LogP contribution in [0.3, 0.4) is 0 Å². The zero-order valence-corrected chi connectivity index (χ0v) is 11.9. The summed E-state index contributed by atoms with van der Waals surface area (Å²) in [6.45, 7) is -2.60. The molecular formula is C13H12F2N6O2. The topological polar surface area (TPSA) is 99.9 Å². The number of carboxylic acids is 1. The van der Waals surface area contributed by atoms with Gasteiger partial charge in [-0.15, -0.1) is 0 Å². The SMILES string of the molecule is CN(Cc1nccn1C(F)F)c1ncnc2[nH]c(C(=O)O)cc12. The quantitative estimate of drug-likeness (QED) is 0.744. The number of aromatic carboxylic acids is 1. The average Bonchev–Trinajstić information content (AvgIpc) is 3.12. The molecule has 3 aromatic heterocycles. The van der Waals surface area contributed by atoms with Crippen LogP contribution in [0.15, 0.2) is 24.8 Å². The molecule has 3 rings (SSSR count). The number of imidazole rings is 1. The van der Waals surface area contributed by atoms with Crippen molar-refractivity contribution >= 4 is 22.8 Å². The Kier molecular flexibility index (Phi) is 3.64. The first-order valence-electron chi connectivity index (χ1n) is 6.55. The molecule has 0 amide bonds. The van der Waals surface area contributed by atoms with Gasteiger partial charge in [-0.1, -0.05) is 0 Å². The highest BCUT2D eigenvalue weighted by atomic mass is 19.3. The van der Waals surface area contributed by atoms with Crippen molar-refractivity contribution in [3.63, 3.8) is 0 Å². The first-order chi connectivity index (χ1) is 11.0. The maximum absolute atomic E-state index is 12.9. The van der Waals surface area contributed by atoms with Gasteiger partial charge in [0.25, 0.3) is 0 Å². The molecule has 0 atom stereocenters. The largest absolute Gasteiger partial charge is 0.477 e. The fraction of sp³-hybridized carbons (Fsp3) is 0.231. The van der Waals surface area contributed by atoms with Crippen molar-refractivity contribution < 1.29 is 18.7 Å². The lowest BCUT2D eigenvalue weighted by Crippen LogP contribution is -2.21. The summed E-state index contributed by atoms with van der Waals surface area (Å²) in [5.74, 6) is -0.532. The van der Waals surface area contributed by atoms with Crippen LogP contribution in [0.5, 0.6) is 0 Å². The van der Waals surface area contributed by atoms with Crippen molar-refractivity contribution in [1.82, 2.24) is 24.5 Å². The van der Waals surface area contributed by atoms with E-state index in [1.807, 2.05) is 0 Å². The summed E-state index contributed by atoms with van der Waals surface area (Å²) in [5.41, 5.74) is 0.334. The third-order valence-corrected chi connectivity index (χ3v) is 3.33. The van der Waals surface area contributed by atoms with Crippen LogP contribution in [-0.4, -0.2) is 42.6 Å². The molecule has 0 aliphatic heterocycles. The van der Waals surface area contributed by atoms with E-state index in [-0.39, 0.29) is 18.1 Å². The second-order valence-corrected chi connectivity index (χ2v) is 4.83. The summed E-state index contributed by atoms with van der Waals surface area (Å²) in [5, 5.41) is 9.52. The summed E-state index contributed by atoms with van der Waals surface area (Å²) >= 11 is 0. The van der Waals surface area contributed by atoms with Crippen LogP contribution in [0.1, 0.15) is 22.9 Å². The Balaban J connectivity index is 1.96. The van der Waals surface area contributed by atoms with Gasteiger partial charge in [-0.3, -0.25) is 4.57 Å². The second kappa shape index (κ2) is 5.63. The minimum absolute atomic E-state index is 0.0239. The van der Waals surface area contributed by atoms with E-state index in [0.29, 0.717) is 16.9 Å². The molecule has 0 unspecified atom stereocenters. The zero-order chi connectivity index (χ0) is 16.6. The highest BCUT2D eigenvalue weighted by molar-refractivity contribution is 5.96. The zero-order valence-electron chi connectivity index (χ0n) is 11.9. The maximum Gasteiger partial charge on any atom is 0.352 e. The minimum Gasteiger partial charge on any atom is -0.477 e. The number of alkyl halides is 2. The Morgan fingerprint density at radius 2 is 2.22 bits per heavy atom. The third-order valence-electron chi connectivity index (χ3n) is 3.33. The van der Waals surface area contributed by atoms with Crippen molar-refractivity contribution in [3.8, 4) is 0 Å². The van der Waals surface area contributed by atoms with Gasteiger partial charge in [0.05, 0.1) is 11.9 Å². The van der Waals surface area contributed by atoms with Crippen molar-refractivity contribution in [3.05, 3.63) is 36.3 Å². The summed E-state index contributed by atoms with van der Waals surface area (Å²) < 4.78 is 26.5. The van der Waals surface area contributed by atoms with Crippen molar-refractivity contribution in [1.29, 1.82) is 0 Å². The molecule has 3 aromatic rings. The number of nitrogens with zero attached hydrogens (tertiary/aromatic N) is 5. The highest BCUT2D eigenvalue weighted by Crippen LogP contribution is 2.24. The average molecular weight is 322 g/mol. The van der Waals surface area contributed by atoms with Gasteiger partial charge in [-0.2, -0.15) is 8.78 Å². The molecule has 0 aromatic carbocycles. The summed E-state index contributed by atoms with van der Waals surface area (Å²) in [4.78, 5) is 27.3. The molecule has 10 heteroatoms. The smallest absolute Gasteiger partial charge is 0.352 e. The van der Waals surface area contributed by atoms with E-state index < -0.39 is 12.5 Å². The van der Waals surface area contributed by atoms with Crippen LogP contribution >= 0.6 is 0 Å². The molecule has 0 aliphatic rings. The Bertz CT molecular complexity index is 859. The fourth-order valence-electron chi connectivity index (χ4n) is 2.28. The van der Waals surface area contributed by atoms with E-state index in [9.17, 15) is 13.6 Å². The Hall–Kier alpha value is -3.04.